The molecule has 1 aromatic heterocycles. The summed E-state index contributed by atoms with van der Waals surface area (Å²) in [6.07, 6.45) is 12.4. The predicted molar refractivity (Wildman–Crippen MR) is 82.8 cm³/mol. The highest BCUT2D eigenvalue weighted by molar-refractivity contribution is 5.12. The van der Waals surface area contributed by atoms with Crippen LogP contribution in [0.1, 0.15) is 51.0 Å². The molecule has 0 spiro atoms. The number of nitrogens with zero attached hydrogens (tertiary/aromatic N) is 1. The Balaban J connectivity index is 2.15. The van der Waals surface area contributed by atoms with E-state index in [4.69, 9.17) is 4.74 Å². The highest BCUT2D eigenvalue weighted by atomic mass is 16.5. The maximum Gasteiger partial charge on any atom is 0.0834 e. The minimum atomic E-state index is -0.0116. The van der Waals surface area contributed by atoms with Crippen molar-refractivity contribution in [2.24, 2.45) is 0 Å². The normalized spacial score (nSPS) is 20.3. The zero-order valence-electron chi connectivity index (χ0n) is 12.9. The standard InChI is InChI=1S/C17H28N2O/c1-3-19-16(13-15-9-8-12-18-14-15)17(20-2)10-6-4-5-7-11-17/h8-9,12,14,16,19H,3-7,10-11,13H2,1-2H3. The van der Waals surface area contributed by atoms with Gasteiger partial charge < -0.3 is 10.1 Å². The van der Waals surface area contributed by atoms with E-state index < -0.39 is 0 Å². The molecule has 1 heterocycles. The number of methoxy groups -OCH3 is 1. The van der Waals surface area contributed by atoms with Gasteiger partial charge in [-0.25, -0.2) is 0 Å². The largest absolute Gasteiger partial charge is 0.377 e. The molecule has 0 saturated heterocycles. The van der Waals surface area contributed by atoms with Gasteiger partial charge in [0.2, 0.25) is 0 Å². The molecule has 0 bridgehead atoms. The van der Waals surface area contributed by atoms with Crippen LogP contribution in [0, 0.1) is 0 Å². The molecule has 3 heteroatoms. The molecule has 0 radical (unpaired) electrons. The number of ether oxygens (including phenoxy) is 1. The third-order valence-electron chi connectivity index (χ3n) is 4.60. The van der Waals surface area contributed by atoms with E-state index in [1.54, 1.807) is 0 Å². The van der Waals surface area contributed by atoms with Crippen molar-refractivity contribution in [2.75, 3.05) is 13.7 Å². The van der Waals surface area contributed by atoms with E-state index in [2.05, 4.69) is 23.3 Å². The van der Waals surface area contributed by atoms with Gasteiger partial charge in [0, 0.05) is 25.5 Å². The van der Waals surface area contributed by atoms with Crippen molar-refractivity contribution in [2.45, 2.75) is 63.5 Å². The van der Waals surface area contributed by atoms with E-state index in [0.717, 1.165) is 13.0 Å². The molecule has 3 nitrogen and oxygen atoms in total. The van der Waals surface area contributed by atoms with Crippen LogP contribution in [0.15, 0.2) is 24.5 Å². The smallest absolute Gasteiger partial charge is 0.0834 e. The Morgan fingerprint density at radius 3 is 2.60 bits per heavy atom. The van der Waals surface area contributed by atoms with Crippen LogP contribution in [-0.2, 0) is 11.2 Å². The van der Waals surface area contributed by atoms with Gasteiger partial charge in [-0.15, -0.1) is 0 Å². The van der Waals surface area contributed by atoms with E-state index in [1.165, 1.54) is 44.1 Å². The van der Waals surface area contributed by atoms with Crippen molar-refractivity contribution in [3.63, 3.8) is 0 Å². The number of hydrogen-bond donors (Lipinski definition) is 1. The van der Waals surface area contributed by atoms with E-state index in [1.807, 2.05) is 25.6 Å². The van der Waals surface area contributed by atoms with Gasteiger partial charge >= 0.3 is 0 Å². The van der Waals surface area contributed by atoms with Crippen molar-refractivity contribution in [3.05, 3.63) is 30.1 Å². The van der Waals surface area contributed by atoms with Crippen molar-refractivity contribution in [1.29, 1.82) is 0 Å². The summed E-state index contributed by atoms with van der Waals surface area (Å²) < 4.78 is 6.06. The van der Waals surface area contributed by atoms with Gasteiger partial charge in [-0.05, 0) is 37.4 Å². The molecule has 1 atom stereocenters. The molecule has 1 unspecified atom stereocenters. The number of nitrogens with one attached hydrogen (secondary N) is 1. The second-order valence-electron chi connectivity index (χ2n) is 5.86. The maximum atomic E-state index is 6.06. The summed E-state index contributed by atoms with van der Waals surface area (Å²) in [5.41, 5.74) is 1.28. The molecule has 1 fully saturated rings. The molecule has 112 valence electrons. The zero-order chi connectivity index (χ0) is 14.3. The average Bonchev–Trinajstić information content (AvgIpc) is 2.74. The highest BCUT2D eigenvalue weighted by Crippen LogP contribution is 2.34. The monoisotopic (exact) mass is 276 g/mol. The number of hydrogen-bond acceptors (Lipinski definition) is 3. The quantitative estimate of drug-likeness (QED) is 0.809. The number of aromatic nitrogens is 1. The summed E-state index contributed by atoms with van der Waals surface area (Å²) in [5.74, 6) is 0. The molecule has 1 saturated carbocycles. The molecule has 1 N–H and O–H groups in total. The first kappa shape index (κ1) is 15.5. The van der Waals surface area contributed by atoms with Crippen molar-refractivity contribution < 1.29 is 4.74 Å². The number of likely N-dealkylation sites (N-methyl/N-ethyl adjacent to an activating group) is 1. The molecular formula is C17H28N2O. The van der Waals surface area contributed by atoms with E-state index >= 15 is 0 Å². The molecule has 2 rings (SSSR count). The highest BCUT2D eigenvalue weighted by Gasteiger charge is 2.38. The lowest BCUT2D eigenvalue weighted by Gasteiger charge is -2.40. The van der Waals surface area contributed by atoms with Crippen LogP contribution in [0.5, 0.6) is 0 Å². The van der Waals surface area contributed by atoms with Gasteiger partial charge in [0.05, 0.1) is 5.60 Å². The molecular weight excluding hydrogens is 248 g/mol. The Morgan fingerprint density at radius 2 is 2.05 bits per heavy atom. The lowest BCUT2D eigenvalue weighted by atomic mass is 9.83. The van der Waals surface area contributed by atoms with Crippen LogP contribution in [-0.4, -0.2) is 30.3 Å². The number of pyridine rings is 1. The summed E-state index contributed by atoms with van der Waals surface area (Å²) in [7, 11) is 1.89. The maximum absolute atomic E-state index is 6.06. The Kier molecular flexibility index (Phi) is 5.99. The predicted octanol–water partition coefficient (Wildman–Crippen LogP) is 3.34. The summed E-state index contributed by atoms with van der Waals surface area (Å²) in [6.45, 7) is 3.16. The van der Waals surface area contributed by atoms with Crippen LogP contribution in [0.3, 0.4) is 0 Å². The topological polar surface area (TPSA) is 34.2 Å². The summed E-state index contributed by atoms with van der Waals surface area (Å²) in [6, 6.07) is 4.56. The third kappa shape index (κ3) is 3.80. The van der Waals surface area contributed by atoms with Gasteiger partial charge in [0.1, 0.15) is 0 Å². The average molecular weight is 276 g/mol. The first-order chi connectivity index (χ1) is 9.80. The summed E-state index contributed by atoms with van der Waals surface area (Å²) in [4.78, 5) is 4.24. The second kappa shape index (κ2) is 7.75. The molecule has 0 aliphatic heterocycles. The Hall–Kier alpha value is -0.930. The van der Waals surface area contributed by atoms with E-state index in [0.29, 0.717) is 6.04 Å². The third-order valence-corrected chi connectivity index (χ3v) is 4.60. The lowest BCUT2D eigenvalue weighted by molar-refractivity contribution is -0.0523. The fraction of sp³-hybridized carbons (Fsp3) is 0.706. The summed E-state index contributed by atoms with van der Waals surface area (Å²) >= 11 is 0. The molecule has 1 aromatic rings. The van der Waals surface area contributed by atoms with Crippen molar-refractivity contribution >= 4 is 0 Å². The van der Waals surface area contributed by atoms with Crippen LogP contribution < -0.4 is 5.32 Å². The van der Waals surface area contributed by atoms with Crippen LogP contribution in [0.2, 0.25) is 0 Å². The van der Waals surface area contributed by atoms with Gasteiger partial charge in [0.15, 0.2) is 0 Å². The van der Waals surface area contributed by atoms with Gasteiger partial charge in [-0.2, -0.15) is 0 Å². The molecule has 20 heavy (non-hydrogen) atoms. The SMILES string of the molecule is CCNC(Cc1cccnc1)C1(OC)CCCCCC1. The zero-order valence-corrected chi connectivity index (χ0v) is 12.9. The second-order valence-corrected chi connectivity index (χ2v) is 5.86. The Labute approximate surface area is 123 Å². The minimum Gasteiger partial charge on any atom is -0.377 e. The Bertz CT molecular complexity index is 372. The molecule has 0 aromatic carbocycles. The number of rotatable bonds is 6. The first-order valence-electron chi connectivity index (χ1n) is 7.98. The van der Waals surface area contributed by atoms with E-state index in [-0.39, 0.29) is 5.60 Å². The Morgan fingerprint density at radius 1 is 1.30 bits per heavy atom. The minimum absolute atomic E-state index is 0.0116. The molecule has 1 aliphatic rings. The van der Waals surface area contributed by atoms with Gasteiger partial charge in [-0.3, -0.25) is 4.98 Å². The van der Waals surface area contributed by atoms with Gasteiger partial charge in [-0.1, -0.05) is 38.7 Å². The first-order valence-corrected chi connectivity index (χ1v) is 7.98. The fourth-order valence-electron chi connectivity index (χ4n) is 3.47. The molecule has 0 amide bonds. The van der Waals surface area contributed by atoms with Gasteiger partial charge in [0.25, 0.3) is 0 Å². The van der Waals surface area contributed by atoms with Crippen molar-refractivity contribution in [3.8, 4) is 0 Å². The van der Waals surface area contributed by atoms with Crippen molar-refractivity contribution in [1.82, 2.24) is 10.3 Å². The molecule has 1 aliphatic carbocycles. The fourth-order valence-corrected chi connectivity index (χ4v) is 3.47. The summed E-state index contributed by atoms with van der Waals surface area (Å²) in [5, 5.41) is 3.67. The lowest BCUT2D eigenvalue weighted by Crippen LogP contribution is -2.53. The van der Waals surface area contributed by atoms with Crippen LogP contribution >= 0.6 is 0 Å². The van der Waals surface area contributed by atoms with Crippen LogP contribution in [0.25, 0.3) is 0 Å². The van der Waals surface area contributed by atoms with Crippen LogP contribution in [0.4, 0.5) is 0 Å². The van der Waals surface area contributed by atoms with E-state index in [9.17, 15) is 0 Å².